The maximum Gasteiger partial charge on any atom is 0.0685 e. The highest BCUT2D eigenvalue weighted by Gasteiger charge is 2.19. The van der Waals surface area contributed by atoms with E-state index in [-0.39, 0.29) is 6.61 Å². The Morgan fingerprint density at radius 2 is 1.17 bits per heavy atom. The van der Waals surface area contributed by atoms with Crippen LogP contribution >= 0.6 is 11.6 Å². The zero-order chi connectivity index (χ0) is 20.1. The van der Waals surface area contributed by atoms with Crippen molar-refractivity contribution in [3.05, 3.63) is 94.5 Å². The lowest BCUT2D eigenvalue weighted by Gasteiger charge is -2.35. The Balaban J connectivity index is 1.38. The predicted molar refractivity (Wildman–Crippen MR) is 120 cm³/mol. The molecule has 0 aromatic heterocycles. The highest BCUT2D eigenvalue weighted by molar-refractivity contribution is 6.30. The molecular formula is C25H27ClN2O. The second kappa shape index (κ2) is 9.55. The predicted octanol–water partition coefficient (Wildman–Crippen LogP) is 4.82. The van der Waals surface area contributed by atoms with Crippen molar-refractivity contribution < 1.29 is 5.11 Å². The summed E-state index contributed by atoms with van der Waals surface area (Å²) in [5.74, 6) is 0. The molecule has 1 aliphatic rings. The molecule has 1 heterocycles. The van der Waals surface area contributed by atoms with Crippen LogP contribution in [0.1, 0.15) is 16.7 Å². The summed E-state index contributed by atoms with van der Waals surface area (Å²) in [7, 11) is 0. The highest BCUT2D eigenvalue weighted by Crippen LogP contribution is 2.26. The molecule has 0 radical (unpaired) electrons. The molecule has 1 saturated heterocycles. The molecule has 1 N–H and O–H groups in total. The fraction of sp³-hybridized carbons (Fsp3) is 0.280. The minimum atomic E-state index is 0.109. The first-order chi connectivity index (χ1) is 14.2. The van der Waals surface area contributed by atoms with Crippen molar-refractivity contribution in [1.82, 2.24) is 9.80 Å². The summed E-state index contributed by atoms with van der Waals surface area (Å²) < 4.78 is 0. The van der Waals surface area contributed by atoms with Crippen LogP contribution in [0, 0.1) is 0 Å². The van der Waals surface area contributed by atoms with Gasteiger partial charge in [0.25, 0.3) is 0 Å². The molecule has 29 heavy (non-hydrogen) atoms. The van der Waals surface area contributed by atoms with Crippen molar-refractivity contribution in [2.24, 2.45) is 0 Å². The minimum absolute atomic E-state index is 0.109. The largest absolute Gasteiger partial charge is 0.392 e. The standard InChI is InChI=1S/C25H27ClN2O/c26-24-11-9-20(10-12-24)25-8-4-3-6-22(25)18-28-15-13-27(14-16-28)17-21-5-1-2-7-23(21)19-29/h1-12,29H,13-19H2. The SMILES string of the molecule is OCc1ccccc1CN1CCN(Cc2ccccc2-c2ccc(Cl)cc2)CC1. The summed E-state index contributed by atoms with van der Waals surface area (Å²) in [4.78, 5) is 5.01. The molecule has 0 amide bonds. The Morgan fingerprint density at radius 3 is 1.79 bits per heavy atom. The third-order valence-electron chi connectivity index (χ3n) is 5.71. The van der Waals surface area contributed by atoms with E-state index >= 15 is 0 Å². The van der Waals surface area contributed by atoms with Crippen molar-refractivity contribution in [2.75, 3.05) is 26.2 Å². The Bertz CT molecular complexity index is 934. The molecule has 3 nitrogen and oxygen atoms in total. The van der Waals surface area contributed by atoms with E-state index < -0.39 is 0 Å². The van der Waals surface area contributed by atoms with Gasteiger partial charge in [-0.1, -0.05) is 72.3 Å². The minimum Gasteiger partial charge on any atom is -0.392 e. The quantitative estimate of drug-likeness (QED) is 0.635. The van der Waals surface area contributed by atoms with Gasteiger partial charge in [0.2, 0.25) is 0 Å². The number of hydrogen-bond acceptors (Lipinski definition) is 3. The monoisotopic (exact) mass is 406 g/mol. The zero-order valence-corrected chi connectivity index (χ0v) is 17.4. The third-order valence-corrected chi connectivity index (χ3v) is 5.97. The van der Waals surface area contributed by atoms with E-state index in [4.69, 9.17) is 11.6 Å². The molecule has 3 aromatic rings. The maximum absolute atomic E-state index is 9.56. The molecule has 3 aromatic carbocycles. The van der Waals surface area contributed by atoms with Crippen molar-refractivity contribution in [1.29, 1.82) is 0 Å². The molecular weight excluding hydrogens is 380 g/mol. The normalized spacial score (nSPS) is 15.5. The first kappa shape index (κ1) is 20.1. The van der Waals surface area contributed by atoms with Crippen molar-refractivity contribution >= 4 is 11.6 Å². The second-order valence-corrected chi connectivity index (χ2v) is 8.08. The highest BCUT2D eigenvalue weighted by atomic mass is 35.5. The number of nitrogens with zero attached hydrogens (tertiary/aromatic N) is 2. The molecule has 0 aliphatic carbocycles. The van der Waals surface area contributed by atoms with Gasteiger partial charge in [0.1, 0.15) is 0 Å². The van der Waals surface area contributed by atoms with Gasteiger partial charge >= 0.3 is 0 Å². The van der Waals surface area contributed by atoms with E-state index in [0.29, 0.717) is 0 Å². The van der Waals surface area contributed by atoms with Crippen molar-refractivity contribution in [3.63, 3.8) is 0 Å². The second-order valence-electron chi connectivity index (χ2n) is 7.64. The van der Waals surface area contributed by atoms with Gasteiger partial charge in [-0.15, -0.1) is 0 Å². The number of hydrogen-bond donors (Lipinski definition) is 1. The van der Waals surface area contributed by atoms with Gasteiger partial charge < -0.3 is 5.11 Å². The zero-order valence-electron chi connectivity index (χ0n) is 16.6. The molecule has 1 fully saturated rings. The Kier molecular flexibility index (Phi) is 6.63. The van der Waals surface area contributed by atoms with E-state index in [9.17, 15) is 5.11 Å². The maximum atomic E-state index is 9.56. The first-order valence-corrected chi connectivity index (χ1v) is 10.6. The van der Waals surface area contributed by atoms with Crippen LogP contribution in [0.3, 0.4) is 0 Å². The lowest BCUT2D eigenvalue weighted by molar-refractivity contribution is 0.121. The van der Waals surface area contributed by atoms with E-state index in [0.717, 1.165) is 49.9 Å². The molecule has 1 aliphatic heterocycles. The molecule has 4 rings (SSSR count). The number of aliphatic hydroxyl groups is 1. The van der Waals surface area contributed by atoms with E-state index in [1.807, 2.05) is 24.3 Å². The van der Waals surface area contributed by atoms with Crippen LogP contribution in [-0.4, -0.2) is 41.1 Å². The molecule has 0 bridgehead atoms. The Morgan fingerprint density at radius 1 is 0.655 bits per heavy atom. The van der Waals surface area contributed by atoms with Crippen LogP contribution in [0.25, 0.3) is 11.1 Å². The molecule has 4 heteroatoms. The third kappa shape index (κ3) is 5.06. The number of aliphatic hydroxyl groups excluding tert-OH is 1. The fourth-order valence-electron chi connectivity index (χ4n) is 4.02. The van der Waals surface area contributed by atoms with E-state index in [1.165, 1.54) is 22.3 Å². The summed E-state index contributed by atoms with van der Waals surface area (Å²) >= 11 is 6.06. The average Bonchev–Trinajstić information content (AvgIpc) is 2.76. The topological polar surface area (TPSA) is 26.7 Å². The molecule has 150 valence electrons. The lowest BCUT2D eigenvalue weighted by atomic mass is 9.99. The summed E-state index contributed by atoms with van der Waals surface area (Å²) in [6.07, 6.45) is 0. The van der Waals surface area contributed by atoms with Gasteiger partial charge in [0.05, 0.1) is 6.61 Å². The molecule has 0 unspecified atom stereocenters. The van der Waals surface area contributed by atoms with Crippen molar-refractivity contribution in [2.45, 2.75) is 19.7 Å². The lowest BCUT2D eigenvalue weighted by Crippen LogP contribution is -2.45. The number of rotatable bonds is 6. The number of halogens is 1. The van der Waals surface area contributed by atoms with Gasteiger partial charge in [-0.05, 0) is 39.9 Å². The van der Waals surface area contributed by atoms with Gasteiger partial charge in [-0.25, -0.2) is 0 Å². The van der Waals surface area contributed by atoms with Crippen LogP contribution in [0.2, 0.25) is 5.02 Å². The smallest absolute Gasteiger partial charge is 0.0685 e. The Hall–Kier alpha value is -2.17. The summed E-state index contributed by atoms with van der Waals surface area (Å²) in [6.45, 7) is 6.17. The average molecular weight is 407 g/mol. The van der Waals surface area contributed by atoms with E-state index in [1.54, 1.807) is 0 Å². The first-order valence-electron chi connectivity index (χ1n) is 10.2. The molecule has 0 atom stereocenters. The van der Waals surface area contributed by atoms with E-state index in [2.05, 4.69) is 58.3 Å². The van der Waals surface area contributed by atoms with Gasteiger partial charge in [-0.3, -0.25) is 9.80 Å². The summed E-state index contributed by atoms with van der Waals surface area (Å²) in [5.41, 5.74) is 6.12. The van der Waals surface area contributed by atoms with Gasteiger partial charge in [0.15, 0.2) is 0 Å². The summed E-state index contributed by atoms with van der Waals surface area (Å²) in [5, 5.41) is 10.3. The van der Waals surface area contributed by atoms with Crippen LogP contribution in [0.5, 0.6) is 0 Å². The van der Waals surface area contributed by atoms with Crippen LogP contribution in [0.4, 0.5) is 0 Å². The number of piperazine rings is 1. The Labute approximate surface area is 178 Å². The number of benzene rings is 3. The fourth-order valence-corrected chi connectivity index (χ4v) is 4.15. The molecule has 0 spiro atoms. The van der Waals surface area contributed by atoms with Gasteiger partial charge in [0, 0.05) is 44.3 Å². The molecule has 0 saturated carbocycles. The van der Waals surface area contributed by atoms with Crippen LogP contribution < -0.4 is 0 Å². The van der Waals surface area contributed by atoms with Gasteiger partial charge in [-0.2, -0.15) is 0 Å². The van der Waals surface area contributed by atoms with Crippen molar-refractivity contribution in [3.8, 4) is 11.1 Å². The van der Waals surface area contributed by atoms with Crippen LogP contribution in [-0.2, 0) is 19.7 Å². The summed E-state index contributed by atoms with van der Waals surface area (Å²) in [6, 6.07) is 24.9. The van der Waals surface area contributed by atoms with Crippen LogP contribution in [0.15, 0.2) is 72.8 Å².